The van der Waals surface area contributed by atoms with Gasteiger partial charge in [-0.25, -0.2) is 4.98 Å². The molecular weight excluding hydrogens is 360 g/mol. The lowest BCUT2D eigenvalue weighted by molar-refractivity contribution is 0.0999. The summed E-state index contributed by atoms with van der Waals surface area (Å²) in [6.07, 6.45) is 2.60. The van der Waals surface area contributed by atoms with Crippen molar-refractivity contribution in [1.29, 1.82) is 0 Å². The maximum Gasteiger partial charge on any atom is 0.250 e. The van der Waals surface area contributed by atoms with E-state index < -0.39 is 12.0 Å². The van der Waals surface area contributed by atoms with Gasteiger partial charge in [0.05, 0.1) is 5.56 Å². The lowest BCUT2D eigenvalue weighted by Crippen LogP contribution is -2.47. The zero-order chi connectivity index (χ0) is 19.9. The van der Waals surface area contributed by atoms with Gasteiger partial charge in [-0.2, -0.15) is 0 Å². The lowest BCUT2D eigenvalue weighted by atomic mass is 10.0. The summed E-state index contributed by atoms with van der Waals surface area (Å²) in [5, 5.41) is 23.2. The Balaban J connectivity index is 1.67. The number of aliphatic hydroxyl groups is 1. The van der Waals surface area contributed by atoms with E-state index in [4.69, 9.17) is 10.5 Å². The number of hydrogen-bond acceptors (Lipinski definition) is 7. The van der Waals surface area contributed by atoms with Gasteiger partial charge in [-0.15, -0.1) is 0 Å². The number of carbonyl (C=O) groups excluding carboxylic acids is 1. The minimum atomic E-state index is -0.735. The van der Waals surface area contributed by atoms with Crippen LogP contribution in [-0.2, 0) is 0 Å². The number of amides is 1. The maximum absolute atomic E-state index is 11.3. The average molecular weight is 386 g/mol. The molecular formula is C20H26N4O4. The summed E-state index contributed by atoms with van der Waals surface area (Å²) < 4.78 is 5.62. The number of nitrogens with zero attached hydrogens (tertiary/aromatic N) is 2. The van der Waals surface area contributed by atoms with Gasteiger partial charge in [0.15, 0.2) is 0 Å². The number of nitrogens with one attached hydrogen (secondary N) is 1. The SMILES string of the molecule is NC(=O)c1ccc(N(CC(O)COc2ccc(O)cc2)C2CCNCC2)nc1. The van der Waals surface area contributed by atoms with E-state index in [1.807, 2.05) is 0 Å². The van der Waals surface area contributed by atoms with Crippen molar-refractivity contribution in [2.45, 2.75) is 25.0 Å². The minimum absolute atomic E-state index is 0.117. The summed E-state index contributed by atoms with van der Waals surface area (Å²) in [6, 6.07) is 10.0. The number of nitrogens with two attached hydrogens (primary N) is 1. The fraction of sp³-hybridized carbons (Fsp3) is 0.400. The quantitative estimate of drug-likeness (QED) is 0.531. The minimum Gasteiger partial charge on any atom is -0.508 e. The molecule has 8 nitrogen and oxygen atoms in total. The largest absolute Gasteiger partial charge is 0.508 e. The van der Waals surface area contributed by atoms with Crippen molar-refractivity contribution >= 4 is 11.7 Å². The molecule has 2 aromatic rings. The molecule has 1 unspecified atom stereocenters. The van der Waals surface area contributed by atoms with Gasteiger partial charge in [-0.3, -0.25) is 4.79 Å². The number of carbonyl (C=O) groups is 1. The highest BCUT2D eigenvalue weighted by Crippen LogP contribution is 2.21. The number of primary amides is 1. The van der Waals surface area contributed by atoms with Crippen LogP contribution in [0.1, 0.15) is 23.2 Å². The predicted octanol–water partition coefficient (Wildman–Crippen LogP) is 0.884. The van der Waals surface area contributed by atoms with Gasteiger partial charge in [0, 0.05) is 18.8 Å². The molecule has 1 aromatic carbocycles. The Bertz CT molecular complexity index is 761. The van der Waals surface area contributed by atoms with Gasteiger partial charge >= 0.3 is 0 Å². The normalized spacial score (nSPS) is 15.8. The third-order valence-electron chi connectivity index (χ3n) is 4.76. The first-order valence-corrected chi connectivity index (χ1v) is 9.36. The number of aliphatic hydroxyl groups excluding tert-OH is 1. The average Bonchev–Trinajstić information content (AvgIpc) is 2.72. The molecule has 3 rings (SSSR count). The van der Waals surface area contributed by atoms with Crippen LogP contribution in [0.4, 0.5) is 5.82 Å². The van der Waals surface area contributed by atoms with Crippen LogP contribution < -0.4 is 20.7 Å². The van der Waals surface area contributed by atoms with Gasteiger partial charge in [0.1, 0.15) is 30.0 Å². The van der Waals surface area contributed by atoms with Crippen molar-refractivity contribution in [3.05, 3.63) is 48.2 Å². The molecule has 1 atom stereocenters. The lowest BCUT2D eigenvalue weighted by Gasteiger charge is -2.36. The van der Waals surface area contributed by atoms with Crippen LogP contribution in [0.2, 0.25) is 0 Å². The Morgan fingerprint density at radius 2 is 1.96 bits per heavy atom. The highest BCUT2D eigenvalue weighted by atomic mass is 16.5. The molecule has 1 amide bonds. The van der Waals surface area contributed by atoms with Crippen LogP contribution in [0.3, 0.4) is 0 Å². The second-order valence-corrected chi connectivity index (χ2v) is 6.86. The number of rotatable bonds is 8. The molecule has 8 heteroatoms. The Hall–Kier alpha value is -2.84. The number of ether oxygens (including phenoxy) is 1. The van der Waals surface area contributed by atoms with Crippen LogP contribution >= 0.6 is 0 Å². The van der Waals surface area contributed by atoms with Crippen LogP contribution in [-0.4, -0.2) is 59.5 Å². The molecule has 0 bridgehead atoms. The Labute approximate surface area is 163 Å². The van der Waals surface area contributed by atoms with Crippen molar-refractivity contribution in [3.8, 4) is 11.5 Å². The summed E-state index contributed by atoms with van der Waals surface area (Å²) in [4.78, 5) is 17.7. The summed E-state index contributed by atoms with van der Waals surface area (Å²) in [7, 11) is 0. The molecule has 28 heavy (non-hydrogen) atoms. The van der Waals surface area contributed by atoms with Crippen LogP contribution in [0.15, 0.2) is 42.6 Å². The number of pyridine rings is 1. The van der Waals surface area contributed by atoms with Gasteiger partial charge in [0.25, 0.3) is 0 Å². The first kappa shape index (κ1) is 19.9. The molecule has 1 saturated heterocycles. The van der Waals surface area contributed by atoms with Crippen molar-refractivity contribution in [3.63, 3.8) is 0 Å². The smallest absolute Gasteiger partial charge is 0.250 e. The van der Waals surface area contributed by atoms with Crippen LogP contribution in [0, 0.1) is 0 Å². The molecule has 2 heterocycles. The number of phenolic OH excluding ortho intramolecular Hbond substituents is 1. The monoisotopic (exact) mass is 386 g/mol. The van der Waals surface area contributed by atoms with Crippen molar-refractivity contribution < 1.29 is 19.7 Å². The maximum atomic E-state index is 11.3. The number of aromatic nitrogens is 1. The van der Waals surface area contributed by atoms with E-state index in [1.165, 1.54) is 18.3 Å². The topological polar surface area (TPSA) is 121 Å². The van der Waals surface area contributed by atoms with Crippen molar-refractivity contribution in [1.82, 2.24) is 10.3 Å². The first-order valence-electron chi connectivity index (χ1n) is 9.36. The Kier molecular flexibility index (Phi) is 6.67. The Morgan fingerprint density at radius 1 is 1.25 bits per heavy atom. The van der Waals surface area contributed by atoms with E-state index in [0.717, 1.165) is 25.9 Å². The molecule has 150 valence electrons. The fourth-order valence-corrected chi connectivity index (χ4v) is 3.26. The van der Waals surface area contributed by atoms with Gasteiger partial charge in [-0.05, 0) is 62.3 Å². The fourth-order valence-electron chi connectivity index (χ4n) is 3.26. The highest BCUT2D eigenvalue weighted by molar-refractivity contribution is 5.92. The van der Waals surface area contributed by atoms with E-state index >= 15 is 0 Å². The highest BCUT2D eigenvalue weighted by Gasteiger charge is 2.25. The number of benzene rings is 1. The summed E-state index contributed by atoms with van der Waals surface area (Å²) in [6.45, 7) is 2.28. The molecule has 0 radical (unpaired) electrons. The molecule has 1 aromatic heterocycles. The first-order chi connectivity index (χ1) is 13.5. The van der Waals surface area contributed by atoms with E-state index in [9.17, 15) is 15.0 Å². The van der Waals surface area contributed by atoms with Crippen molar-refractivity contribution in [2.24, 2.45) is 5.73 Å². The molecule has 1 aliphatic rings. The third-order valence-corrected chi connectivity index (χ3v) is 4.76. The second-order valence-electron chi connectivity index (χ2n) is 6.86. The standard InChI is InChI=1S/C20H26N4O4/c21-20(27)14-1-6-19(23-11-14)24(15-7-9-22-10-8-15)12-17(26)13-28-18-4-2-16(25)3-5-18/h1-6,11,15,17,22,25-26H,7-10,12-13H2,(H2,21,27). The van der Waals surface area contributed by atoms with Gasteiger partial charge < -0.3 is 30.9 Å². The number of aromatic hydroxyl groups is 1. The molecule has 1 aliphatic heterocycles. The van der Waals surface area contributed by atoms with E-state index in [1.54, 1.807) is 24.3 Å². The van der Waals surface area contributed by atoms with Gasteiger partial charge in [0.2, 0.25) is 5.91 Å². The summed E-state index contributed by atoms with van der Waals surface area (Å²) in [5.74, 6) is 0.917. The second kappa shape index (κ2) is 9.38. The van der Waals surface area contributed by atoms with Crippen LogP contribution in [0.25, 0.3) is 0 Å². The summed E-state index contributed by atoms with van der Waals surface area (Å²) >= 11 is 0. The molecule has 5 N–H and O–H groups in total. The number of piperidine rings is 1. The van der Waals surface area contributed by atoms with E-state index in [2.05, 4.69) is 15.2 Å². The zero-order valence-corrected chi connectivity index (χ0v) is 15.6. The molecule has 0 saturated carbocycles. The zero-order valence-electron chi connectivity index (χ0n) is 15.6. The third kappa shape index (κ3) is 5.34. The van der Waals surface area contributed by atoms with Gasteiger partial charge in [-0.1, -0.05) is 0 Å². The Morgan fingerprint density at radius 3 is 2.57 bits per heavy atom. The molecule has 1 fully saturated rings. The number of anilines is 1. The number of phenols is 1. The summed E-state index contributed by atoms with van der Waals surface area (Å²) in [5.41, 5.74) is 5.65. The van der Waals surface area contributed by atoms with Crippen LogP contribution in [0.5, 0.6) is 11.5 Å². The van der Waals surface area contributed by atoms with E-state index in [0.29, 0.717) is 23.7 Å². The van der Waals surface area contributed by atoms with E-state index in [-0.39, 0.29) is 18.4 Å². The number of hydrogen-bond donors (Lipinski definition) is 4. The molecule has 0 aliphatic carbocycles. The predicted molar refractivity (Wildman–Crippen MR) is 106 cm³/mol. The molecule has 0 spiro atoms. The van der Waals surface area contributed by atoms with Crippen molar-refractivity contribution in [2.75, 3.05) is 31.1 Å².